The maximum absolute atomic E-state index is 10.7. The van der Waals surface area contributed by atoms with Crippen molar-refractivity contribution in [2.45, 2.75) is 45.1 Å². The maximum Gasteiger partial charge on any atom is 0.255 e. The Morgan fingerprint density at radius 3 is 2.76 bits per heavy atom. The third-order valence-electron chi connectivity index (χ3n) is 4.35. The number of fused-ring (bicyclic) bond motifs is 1. The number of hydrogen-bond acceptors (Lipinski definition) is 5. The van der Waals surface area contributed by atoms with Crippen molar-refractivity contribution < 1.29 is 5.11 Å². The number of rotatable bonds is 3. The molecule has 0 aliphatic heterocycles. The van der Waals surface area contributed by atoms with E-state index in [9.17, 15) is 5.11 Å². The van der Waals surface area contributed by atoms with Gasteiger partial charge < -0.3 is 10.4 Å². The molecule has 1 aliphatic carbocycles. The van der Waals surface area contributed by atoms with E-state index in [0.29, 0.717) is 28.7 Å². The maximum atomic E-state index is 10.7. The van der Waals surface area contributed by atoms with Gasteiger partial charge in [0.1, 0.15) is 17.3 Å². The molecule has 114 valence electrons. The van der Waals surface area contributed by atoms with E-state index < -0.39 is 5.60 Å². The van der Waals surface area contributed by atoms with Gasteiger partial charge in [-0.1, -0.05) is 25.4 Å². The first-order valence-electron chi connectivity index (χ1n) is 7.20. The van der Waals surface area contributed by atoms with Crippen molar-refractivity contribution in [3.8, 4) is 0 Å². The fraction of sp³-hybridized carbons (Fsp3) is 0.643. The normalized spacial score (nSPS) is 20.6. The van der Waals surface area contributed by atoms with E-state index in [4.69, 9.17) is 11.6 Å². The molecule has 0 atom stereocenters. The fourth-order valence-electron chi connectivity index (χ4n) is 2.73. The topological polar surface area (TPSA) is 75.3 Å². The van der Waals surface area contributed by atoms with Crippen molar-refractivity contribution in [2.75, 3.05) is 11.9 Å². The van der Waals surface area contributed by atoms with E-state index in [1.165, 1.54) is 6.33 Å². The highest BCUT2D eigenvalue weighted by Crippen LogP contribution is 2.40. The van der Waals surface area contributed by atoms with Crippen LogP contribution in [0.1, 0.15) is 39.5 Å². The van der Waals surface area contributed by atoms with Crippen LogP contribution in [0, 0.1) is 5.41 Å². The lowest BCUT2D eigenvalue weighted by Crippen LogP contribution is -2.42. The summed E-state index contributed by atoms with van der Waals surface area (Å²) in [5, 5.41) is 18.4. The molecule has 3 rings (SSSR count). The third kappa shape index (κ3) is 3.11. The van der Waals surface area contributed by atoms with Crippen LogP contribution in [-0.4, -0.2) is 36.8 Å². The highest BCUT2D eigenvalue weighted by molar-refractivity contribution is 6.29. The largest absolute Gasteiger partial charge is 0.388 e. The summed E-state index contributed by atoms with van der Waals surface area (Å²) in [5.74, 6) is 1.14. The number of hydrogen-bond donors (Lipinski definition) is 2. The number of aromatic nitrogens is 4. The lowest BCUT2D eigenvalue weighted by molar-refractivity contribution is -0.0146. The summed E-state index contributed by atoms with van der Waals surface area (Å²) in [6, 6.07) is 1.69. The van der Waals surface area contributed by atoms with Crippen LogP contribution >= 0.6 is 11.6 Å². The number of anilines is 1. The van der Waals surface area contributed by atoms with Gasteiger partial charge in [-0.25, -0.2) is 0 Å². The summed E-state index contributed by atoms with van der Waals surface area (Å²) in [7, 11) is 0. The average molecular weight is 310 g/mol. The van der Waals surface area contributed by atoms with Gasteiger partial charge in [0.25, 0.3) is 5.78 Å². The van der Waals surface area contributed by atoms with Crippen molar-refractivity contribution in [1.82, 2.24) is 19.6 Å². The molecule has 2 N–H and O–H groups in total. The van der Waals surface area contributed by atoms with Crippen molar-refractivity contribution in [2.24, 2.45) is 5.41 Å². The van der Waals surface area contributed by atoms with E-state index >= 15 is 0 Å². The molecule has 1 aliphatic rings. The van der Waals surface area contributed by atoms with Gasteiger partial charge in [-0.15, -0.1) is 0 Å². The van der Waals surface area contributed by atoms with Gasteiger partial charge in [-0.2, -0.15) is 19.6 Å². The second-order valence-electron chi connectivity index (χ2n) is 6.68. The molecule has 2 aromatic rings. The monoisotopic (exact) mass is 309 g/mol. The highest BCUT2D eigenvalue weighted by Gasteiger charge is 2.36. The molecule has 21 heavy (non-hydrogen) atoms. The van der Waals surface area contributed by atoms with Crippen LogP contribution in [0.5, 0.6) is 0 Å². The molecular formula is C14H20ClN5O. The van der Waals surface area contributed by atoms with Gasteiger partial charge in [-0.05, 0) is 31.1 Å². The highest BCUT2D eigenvalue weighted by atomic mass is 35.5. The predicted molar refractivity (Wildman–Crippen MR) is 81.5 cm³/mol. The molecule has 0 bridgehead atoms. The molecule has 1 fully saturated rings. The van der Waals surface area contributed by atoms with Crippen molar-refractivity contribution in [1.29, 1.82) is 0 Å². The minimum absolute atomic E-state index is 0.325. The molecule has 0 spiro atoms. The first-order chi connectivity index (χ1) is 9.87. The minimum atomic E-state index is -0.682. The molecule has 2 aromatic heterocycles. The number of halogens is 1. The molecular weight excluding hydrogens is 290 g/mol. The van der Waals surface area contributed by atoms with Gasteiger partial charge in [0.15, 0.2) is 0 Å². The molecule has 0 unspecified atom stereocenters. The summed E-state index contributed by atoms with van der Waals surface area (Å²) < 4.78 is 1.59. The second kappa shape index (κ2) is 5.10. The Kier molecular flexibility index (Phi) is 3.53. The molecule has 0 saturated heterocycles. The number of nitrogens with one attached hydrogen (secondary N) is 1. The Hall–Kier alpha value is -1.40. The first kappa shape index (κ1) is 14.5. The number of nitrogens with zero attached hydrogens (tertiary/aromatic N) is 4. The molecule has 1 saturated carbocycles. The van der Waals surface area contributed by atoms with E-state index in [1.807, 2.05) is 0 Å². The average Bonchev–Trinajstić information content (AvgIpc) is 2.88. The summed E-state index contributed by atoms with van der Waals surface area (Å²) in [4.78, 5) is 8.10. The summed E-state index contributed by atoms with van der Waals surface area (Å²) >= 11 is 5.98. The Morgan fingerprint density at radius 2 is 2.05 bits per heavy atom. The van der Waals surface area contributed by atoms with E-state index in [-0.39, 0.29) is 0 Å². The lowest BCUT2D eigenvalue weighted by Gasteiger charge is -2.40. The van der Waals surface area contributed by atoms with Crippen LogP contribution in [0.2, 0.25) is 5.15 Å². The van der Waals surface area contributed by atoms with Crippen molar-refractivity contribution in [3.63, 3.8) is 0 Å². The Morgan fingerprint density at radius 1 is 1.33 bits per heavy atom. The summed E-state index contributed by atoms with van der Waals surface area (Å²) in [5.41, 5.74) is -0.358. The van der Waals surface area contributed by atoms with Gasteiger partial charge in [0.05, 0.1) is 5.60 Å². The zero-order valence-corrected chi connectivity index (χ0v) is 13.1. The fourth-order valence-corrected chi connectivity index (χ4v) is 2.91. The SMILES string of the molecule is CC1(C)CCC(O)(CNc2cc(Cl)nc3ncnn23)CC1. The number of aliphatic hydroxyl groups is 1. The van der Waals surface area contributed by atoms with E-state index in [0.717, 1.165) is 25.7 Å². The predicted octanol–water partition coefficient (Wildman–Crippen LogP) is 2.52. The standard InChI is InChI=1S/C14H20ClN5O/c1-13(2)3-5-14(21,6-4-13)8-16-11-7-10(15)19-12-17-9-18-20(11)12/h7,9,16,21H,3-6,8H2,1-2H3. The van der Waals surface area contributed by atoms with Crippen molar-refractivity contribution in [3.05, 3.63) is 17.5 Å². The molecule has 6 nitrogen and oxygen atoms in total. The molecule has 0 aromatic carbocycles. The Labute approximate surface area is 128 Å². The van der Waals surface area contributed by atoms with Crippen LogP contribution in [-0.2, 0) is 0 Å². The van der Waals surface area contributed by atoms with Crippen LogP contribution < -0.4 is 5.32 Å². The van der Waals surface area contributed by atoms with Crippen LogP contribution in [0.15, 0.2) is 12.4 Å². The second-order valence-corrected chi connectivity index (χ2v) is 7.07. The first-order valence-corrected chi connectivity index (χ1v) is 7.57. The molecule has 0 amide bonds. The third-order valence-corrected chi connectivity index (χ3v) is 4.55. The van der Waals surface area contributed by atoms with Crippen LogP contribution in [0.4, 0.5) is 5.82 Å². The Bertz CT molecular complexity index is 644. The van der Waals surface area contributed by atoms with E-state index in [1.54, 1.807) is 10.6 Å². The van der Waals surface area contributed by atoms with E-state index in [2.05, 4.69) is 34.2 Å². The molecule has 7 heteroatoms. The van der Waals surface area contributed by atoms with Crippen LogP contribution in [0.25, 0.3) is 5.78 Å². The van der Waals surface area contributed by atoms with Crippen molar-refractivity contribution >= 4 is 23.2 Å². The van der Waals surface area contributed by atoms with Gasteiger partial charge in [0, 0.05) is 12.6 Å². The summed E-state index contributed by atoms with van der Waals surface area (Å²) in [6.45, 7) is 4.97. The molecule has 0 radical (unpaired) electrons. The lowest BCUT2D eigenvalue weighted by atomic mass is 9.71. The minimum Gasteiger partial charge on any atom is -0.388 e. The van der Waals surface area contributed by atoms with Gasteiger partial charge >= 0.3 is 0 Å². The Balaban J connectivity index is 1.73. The zero-order chi connectivity index (χ0) is 15.1. The van der Waals surface area contributed by atoms with Gasteiger partial charge in [0.2, 0.25) is 0 Å². The van der Waals surface area contributed by atoms with Crippen LogP contribution in [0.3, 0.4) is 0 Å². The summed E-state index contributed by atoms with van der Waals surface area (Å²) in [6.07, 6.45) is 5.09. The smallest absolute Gasteiger partial charge is 0.255 e. The quantitative estimate of drug-likeness (QED) is 0.852. The zero-order valence-electron chi connectivity index (χ0n) is 12.3. The molecule has 2 heterocycles. The van der Waals surface area contributed by atoms with Gasteiger partial charge in [-0.3, -0.25) is 0 Å².